The molecule has 4 rings (SSSR count). The zero-order chi connectivity index (χ0) is 23.5. The zero-order valence-electron chi connectivity index (χ0n) is 17.1. The van der Waals surface area contributed by atoms with Gasteiger partial charge in [-0.1, -0.05) is 53.0 Å². The number of carbonyl (C=O) groups excluding carboxylic acids is 1. The quantitative estimate of drug-likeness (QED) is 0.275. The predicted octanol–water partition coefficient (Wildman–Crippen LogP) is 6.72. The van der Waals surface area contributed by atoms with Gasteiger partial charge in [0, 0.05) is 11.1 Å². The number of hydrogen-bond acceptors (Lipinski definition) is 5. The number of rotatable bonds is 6. The largest absolute Gasteiger partial charge is 0.493 e. The molecule has 0 saturated carbocycles. The fourth-order valence-corrected chi connectivity index (χ4v) is 3.62. The molecular formula is C24H15Cl3FNO4. The summed E-state index contributed by atoms with van der Waals surface area (Å²) in [7, 11) is 1.45. The minimum Gasteiger partial charge on any atom is -0.493 e. The summed E-state index contributed by atoms with van der Waals surface area (Å²) in [6.45, 7) is -0.0349. The maximum absolute atomic E-state index is 13.9. The van der Waals surface area contributed by atoms with Gasteiger partial charge in [-0.15, -0.1) is 0 Å². The Morgan fingerprint density at radius 2 is 1.82 bits per heavy atom. The Bertz CT molecular complexity index is 1310. The summed E-state index contributed by atoms with van der Waals surface area (Å²) in [5.74, 6) is -0.354. The van der Waals surface area contributed by atoms with Gasteiger partial charge in [0.05, 0.1) is 22.2 Å². The van der Waals surface area contributed by atoms with Gasteiger partial charge < -0.3 is 14.2 Å². The third kappa shape index (κ3) is 5.14. The second kappa shape index (κ2) is 9.83. The molecule has 3 aromatic carbocycles. The van der Waals surface area contributed by atoms with Crippen molar-refractivity contribution in [3.8, 4) is 11.5 Å². The van der Waals surface area contributed by atoms with E-state index in [9.17, 15) is 9.18 Å². The van der Waals surface area contributed by atoms with E-state index in [1.54, 1.807) is 48.5 Å². The van der Waals surface area contributed by atoms with Crippen LogP contribution in [-0.2, 0) is 16.1 Å². The standard InChI is InChI=1S/C24H15Cl3FNO4/c1-31-21-10-13(8-18(27)22(21)32-12-15-4-2-3-5-19(15)28)9-20-24(30)33-23(29-20)14-6-7-16(25)17(26)11-14/h2-11H,12H2,1H3/b20-9-. The summed E-state index contributed by atoms with van der Waals surface area (Å²) in [5.41, 5.74) is 1.48. The smallest absolute Gasteiger partial charge is 0.363 e. The maximum Gasteiger partial charge on any atom is 0.363 e. The molecule has 3 aromatic rings. The first-order chi connectivity index (χ1) is 15.9. The van der Waals surface area contributed by atoms with Crippen molar-refractivity contribution in [2.75, 3.05) is 7.11 Å². The number of esters is 1. The van der Waals surface area contributed by atoms with Crippen molar-refractivity contribution in [2.24, 2.45) is 4.99 Å². The summed E-state index contributed by atoms with van der Waals surface area (Å²) in [5, 5.41) is 0.908. The highest BCUT2D eigenvalue weighted by molar-refractivity contribution is 6.42. The van der Waals surface area contributed by atoms with Gasteiger partial charge in [0.1, 0.15) is 12.4 Å². The van der Waals surface area contributed by atoms with E-state index in [-0.39, 0.29) is 34.8 Å². The lowest BCUT2D eigenvalue weighted by atomic mass is 10.1. The summed E-state index contributed by atoms with van der Waals surface area (Å²) in [6.07, 6.45) is 1.50. The molecule has 0 N–H and O–H groups in total. The van der Waals surface area contributed by atoms with Crippen molar-refractivity contribution in [2.45, 2.75) is 6.61 Å². The van der Waals surface area contributed by atoms with Crippen LogP contribution in [0.5, 0.6) is 11.5 Å². The Hall–Kier alpha value is -3.06. The average molecular weight is 507 g/mol. The van der Waals surface area contributed by atoms with Crippen LogP contribution in [0.2, 0.25) is 15.1 Å². The second-order valence-corrected chi connectivity index (χ2v) is 8.10. The van der Waals surface area contributed by atoms with Gasteiger partial charge in [0.2, 0.25) is 5.90 Å². The molecule has 0 radical (unpaired) electrons. The van der Waals surface area contributed by atoms with Gasteiger partial charge in [-0.05, 0) is 48.0 Å². The molecule has 0 aromatic heterocycles. The number of hydrogen-bond donors (Lipinski definition) is 0. The van der Waals surface area contributed by atoms with Crippen LogP contribution in [0, 0.1) is 5.82 Å². The molecule has 168 valence electrons. The van der Waals surface area contributed by atoms with E-state index in [2.05, 4.69) is 4.99 Å². The van der Waals surface area contributed by atoms with Crippen LogP contribution in [0.3, 0.4) is 0 Å². The van der Waals surface area contributed by atoms with Crippen LogP contribution in [-0.4, -0.2) is 19.0 Å². The number of carbonyl (C=O) groups is 1. The number of halogens is 4. The lowest BCUT2D eigenvalue weighted by Gasteiger charge is -2.13. The van der Waals surface area contributed by atoms with Crippen molar-refractivity contribution in [1.29, 1.82) is 0 Å². The van der Waals surface area contributed by atoms with Crippen LogP contribution in [0.25, 0.3) is 6.08 Å². The number of cyclic esters (lactones) is 1. The Labute approximate surface area is 204 Å². The van der Waals surface area contributed by atoms with Gasteiger partial charge in [-0.2, -0.15) is 0 Å². The fraction of sp³-hybridized carbons (Fsp3) is 0.0833. The molecule has 0 unspecified atom stereocenters. The summed E-state index contributed by atoms with van der Waals surface area (Å²) in [4.78, 5) is 16.6. The lowest BCUT2D eigenvalue weighted by molar-refractivity contribution is -0.129. The van der Waals surface area contributed by atoms with E-state index in [0.717, 1.165) is 0 Å². The predicted molar refractivity (Wildman–Crippen MR) is 126 cm³/mol. The lowest BCUT2D eigenvalue weighted by Crippen LogP contribution is -2.05. The normalized spacial score (nSPS) is 14.3. The van der Waals surface area contributed by atoms with Gasteiger partial charge in [0.25, 0.3) is 0 Å². The molecule has 9 heteroatoms. The molecule has 5 nitrogen and oxygen atoms in total. The Kier molecular flexibility index (Phi) is 6.88. The second-order valence-electron chi connectivity index (χ2n) is 6.88. The summed E-state index contributed by atoms with van der Waals surface area (Å²) >= 11 is 18.4. The molecule has 0 saturated heterocycles. The Balaban J connectivity index is 1.60. The maximum atomic E-state index is 13.9. The van der Waals surface area contributed by atoms with Crippen molar-refractivity contribution >= 4 is 52.7 Å². The fourth-order valence-electron chi connectivity index (χ4n) is 3.05. The van der Waals surface area contributed by atoms with Crippen molar-refractivity contribution in [3.63, 3.8) is 0 Å². The molecule has 33 heavy (non-hydrogen) atoms. The highest BCUT2D eigenvalue weighted by Gasteiger charge is 2.25. The third-order valence-electron chi connectivity index (χ3n) is 4.67. The molecule has 0 fully saturated rings. The van der Waals surface area contributed by atoms with E-state index < -0.39 is 5.97 Å². The molecule has 1 heterocycles. The number of benzene rings is 3. The first-order valence-corrected chi connectivity index (χ1v) is 10.7. The SMILES string of the molecule is COc1cc(/C=C2\N=C(c3ccc(Cl)c(Cl)c3)OC2=O)cc(Cl)c1OCc1ccccc1F. The molecule has 0 aliphatic carbocycles. The van der Waals surface area contributed by atoms with Crippen LogP contribution in [0.15, 0.2) is 65.3 Å². The van der Waals surface area contributed by atoms with E-state index in [0.29, 0.717) is 32.5 Å². The van der Waals surface area contributed by atoms with Gasteiger partial charge >= 0.3 is 5.97 Å². The van der Waals surface area contributed by atoms with Crippen LogP contribution < -0.4 is 9.47 Å². The number of aliphatic imine (C=N–C) groups is 1. The first-order valence-electron chi connectivity index (χ1n) is 9.57. The van der Waals surface area contributed by atoms with Gasteiger partial charge in [-0.3, -0.25) is 0 Å². The average Bonchev–Trinajstić information content (AvgIpc) is 3.15. The van der Waals surface area contributed by atoms with Crippen LogP contribution in [0.4, 0.5) is 4.39 Å². The summed E-state index contributed by atoms with van der Waals surface area (Å²) < 4.78 is 30.2. The Morgan fingerprint density at radius 3 is 2.55 bits per heavy atom. The molecule has 0 atom stereocenters. The molecular weight excluding hydrogens is 492 g/mol. The molecule has 1 aliphatic rings. The molecule has 0 amide bonds. The zero-order valence-corrected chi connectivity index (χ0v) is 19.3. The number of ether oxygens (including phenoxy) is 3. The topological polar surface area (TPSA) is 57.1 Å². The van der Waals surface area contributed by atoms with Crippen LogP contribution in [0.1, 0.15) is 16.7 Å². The summed E-state index contributed by atoms with van der Waals surface area (Å²) in [6, 6.07) is 14.3. The monoisotopic (exact) mass is 505 g/mol. The van der Waals surface area contributed by atoms with Gasteiger partial charge in [-0.25, -0.2) is 14.2 Å². The molecule has 1 aliphatic heterocycles. The molecule has 0 bridgehead atoms. The third-order valence-corrected chi connectivity index (χ3v) is 5.69. The molecule has 0 spiro atoms. The number of methoxy groups -OCH3 is 1. The Morgan fingerprint density at radius 1 is 1.03 bits per heavy atom. The van der Waals surface area contributed by atoms with Crippen molar-refractivity contribution < 1.29 is 23.4 Å². The van der Waals surface area contributed by atoms with Crippen LogP contribution >= 0.6 is 34.8 Å². The number of nitrogens with zero attached hydrogens (tertiary/aromatic N) is 1. The van der Waals surface area contributed by atoms with E-state index in [4.69, 9.17) is 49.0 Å². The highest BCUT2D eigenvalue weighted by atomic mass is 35.5. The highest BCUT2D eigenvalue weighted by Crippen LogP contribution is 2.38. The first kappa shape index (κ1) is 23.1. The van der Waals surface area contributed by atoms with Gasteiger partial charge in [0.15, 0.2) is 17.2 Å². The van der Waals surface area contributed by atoms with E-state index in [1.807, 2.05) is 0 Å². The van der Waals surface area contributed by atoms with Crippen molar-refractivity contribution in [3.05, 3.63) is 97.9 Å². The van der Waals surface area contributed by atoms with E-state index in [1.165, 1.54) is 19.3 Å². The minimum absolute atomic E-state index is 0.0349. The minimum atomic E-state index is -0.633. The van der Waals surface area contributed by atoms with E-state index >= 15 is 0 Å². The van der Waals surface area contributed by atoms with Crippen molar-refractivity contribution in [1.82, 2.24) is 0 Å².